The van der Waals surface area contributed by atoms with Crippen LogP contribution in [0, 0.1) is 5.82 Å². The molecule has 2 aliphatic heterocycles. The first-order valence-electron chi connectivity index (χ1n) is 10.8. The molecular formula is C23H18FN7O5. The van der Waals surface area contributed by atoms with Crippen LogP contribution < -0.4 is 16.4 Å². The predicted molar refractivity (Wildman–Crippen MR) is 122 cm³/mol. The van der Waals surface area contributed by atoms with Gasteiger partial charge in [-0.25, -0.2) is 9.07 Å². The Hall–Kier alpha value is -4.94. The number of aromatic nitrogens is 3. The Morgan fingerprint density at radius 2 is 1.94 bits per heavy atom. The number of nitrogen functional groups attached to an aromatic ring is 1. The quantitative estimate of drug-likeness (QED) is 0.346. The number of imide groups is 2. The predicted octanol–water partition coefficient (Wildman–Crippen LogP) is 0.706. The summed E-state index contributed by atoms with van der Waals surface area (Å²) in [6.45, 7) is -0.301. The summed E-state index contributed by atoms with van der Waals surface area (Å²) in [5.74, 6) is -3.72. The molecular weight excluding hydrogens is 473 g/mol. The minimum atomic E-state index is -1.12. The molecule has 1 atom stereocenters. The van der Waals surface area contributed by atoms with Crippen LogP contribution in [0.3, 0.4) is 0 Å². The molecule has 36 heavy (non-hydrogen) atoms. The lowest BCUT2D eigenvalue weighted by molar-refractivity contribution is -0.136. The first-order chi connectivity index (χ1) is 17.2. The lowest BCUT2D eigenvalue weighted by Gasteiger charge is -2.27. The summed E-state index contributed by atoms with van der Waals surface area (Å²) in [5, 5.41) is 12.5. The summed E-state index contributed by atoms with van der Waals surface area (Å²) < 4.78 is 14.8. The highest BCUT2D eigenvalue weighted by molar-refractivity contribution is 6.26. The lowest BCUT2D eigenvalue weighted by atomic mass is 10.0. The van der Waals surface area contributed by atoms with Crippen LogP contribution in [0.15, 0.2) is 42.6 Å². The van der Waals surface area contributed by atoms with Gasteiger partial charge in [-0.2, -0.15) is 0 Å². The molecule has 0 spiro atoms. The molecule has 13 heteroatoms. The zero-order valence-corrected chi connectivity index (χ0v) is 18.5. The third-order valence-corrected chi connectivity index (χ3v) is 5.88. The van der Waals surface area contributed by atoms with Gasteiger partial charge in [0.1, 0.15) is 24.1 Å². The van der Waals surface area contributed by atoms with Crippen molar-refractivity contribution in [1.82, 2.24) is 25.2 Å². The number of nitrogens with one attached hydrogen (secondary N) is 2. The van der Waals surface area contributed by atoms with Gasteiger partial charge >= 0.3 is 0 Å². The maximum atomic E-state index is 13.6. The smallest absolute Gasteiger partial charge is 0.264 e. The molecule has 1 unspecified atom stereocenters. The monoisotopic (exact) mass is 491 g/mol. The average Bonchev–Trinajstić information content (AvgIpc) is 3.39. The average molecular weight is 491 g/mol. The molecule has 1 fully saturated rings. The van der Waals surface area contributed by atoms with E-state index in [1.165, 1.54) is 47.3 Å². The van der Waals surface area contributed by atoms with Gasteiger partial charge < -0.3 is 11.1 Å². The van der Waals surface area contributed by atoms with Crippen molar-refractivity contribution in [2.75, 3.05) is 11.1 Å². The maximum absolute atomic E-state index is 13.6. The molecule has 0 aliphatic carbocycles. The molecule has 0 saturated carbocycles. The van der Waals surface area contributed by atoms with Gasteiger partial charge in [-0.3, -0.25) is 34.2 Å². The van der Waals surface area contributed by atoms with Gasteiger partial charge in [0, 0.05) is 17.7 Å². The van der Waals surface area contributed by atoms with Gasteiger partial charge in [-0.05, 0) is 36.8 Å². The number of anilines is 2. The van der Waals surface area contributed by atoms with Crippen LogP contribution >= 0.6 is 0 Å². The summed E-state index contributed by atoms with van der Waals surface area (Å²) >= 11 is 0. The Bertz CT molecular complexity index is 1470. The van der Waals surface area contributed by atoms with Crippen LogP contribution in [0.2, 0.25) is 0 Å². The number of hydrogen-bond donors (Lipinski definition) is 3. The molecule has 3 heterocycles. The van der Waals surface area contributed by atoms with Crippen LogP contribution in [0.1, 0.15) is 33.6 Å². The van der Waals surface area contributed by atoms with Crippen molar-refractivity contribution >= 4 is 40.9 Å². The van der Waals surface area contributed by atoms with E-state index in [2.05, 4.69) is 20.9 Å². The van der Waals surface area contributed by atoms with E-state index in [1.54, 1.807) is 0 Å². The van der Waals surface area contributed by atoms with Crippen LogP contribution in [0.25, 0.3) is 11.3 Å². The van der Waals surface area contributed by atoms with Gasteiger partial charge in [-0.1, -0.05) is 11.3 Å². The van der Waals surface area contributed by atoms with E-state index < -0.39 is 41.4 Å². The molecule has 4 N–H and O–H groups in total. The van der Waals surface area contributed by atoms with Crippen molar-refractivity contribution < 1.29 is 28.4 Å². The number of rotatable bonds is 5. The molecule has 1 aromatic heterocycles. The van der Waals surface area contributed by atoms with Crippen molar-refractivity contribution in [2.24, 2.45) is 0 Å². The molecule has 182 valence electrons. The summed E-state index contributed by atoms with van der Waals surface area (Å²) in [6.07, 6.45) is 1.43. The molecule has 5 amide bonds. The zero-order chi connectivity index (χ0) is 25.6. The summed E-state index contributed by atoms with van der Waals surface area (Å²) in [5.41, 5.74) is 6.81. The fourth-order valence-corrected chi connectivity index (χ4v) is 4.21. The molecule has 0 radical (unpaired) electrons. The maximum Gasteiger partial charge on any atom is 0.264 e. The van der Waals surface area contributed by atoms with E-state index in [0.717, 1.165) is 4.90 Å². The Morgan fingerprint density at radius 1 is 1.14 bits per heavy atom. The number of piperidine rings is 1. The number of carbonyl (C=O) groups is 5. The second kappa shape index (κ2) is 8.69. The summed E-state index contributed by atoms with van der Waals surface area (Å²) in [4.78, 5) is 63.3. The van der Waals surface area contributed by atoms with Crippen LogP contribution in [-0.2, 0) is 20.9 Å². The van der Waals surface area contributed by atoms with Crippen LogP contribution in [0.5, 0.6) is 0 Å². The largest absolute Gasteiger partial charge is 0.398 e. The highest BCUT2D eigenvalue weighted by Gasteiger charge is 2.45. The van der Waals surface area contributed by atoms with Gasteiger partial charge in [0.25, 0.3) is 11.8 Å². The van der Waals surface area contributed by atoms with E-state index in [4.69, 9.17) is 5.73 Å². The third kappa shape index (κ3) is 3.96. The normalized spacial score (nSPS) is 17.2. The number of halogens is 1. The molecule has 12 nitrogen and oxygen atoms in total. The SMILES string of the molecule is Nc1ccc(F)cc1-c1cn(CC(=O)Nc2cccc3c2C(=O)N(C2CCC(=O)NC2=O)C3=O)nn1. The van der Waals surface area contributed by atoms with Gasteiger partial charge in [-0.15, -0.1) is 5.10 Å². The Labute approximate surface area is 202 Å². The first kappa shape index (κ1) is 22.8. The minimum absolute atomic E-state index is 0.00539. The molecule has 5 rings (SSSR count). The molecule has 0 bridgehead atoms. The number of carbonyl (C=O) groups excluding carboxylic acids is 5. The Kier molecular flexibility index (Phi) is 5.51. The second-order valence-electron chi connectivity index (χ2n) is 8.26. The van der Waals surface area contributed by atoms with E-state index >= 15 is 0 Å². The zero-order valence-electron chi connectivity index (χ0n) is 18.5. The lowest BCUT2D eigenvalue weighted by Crippen LogP contribution is -2.54. The van der Waals surface area contributed by atoms with E-state index in [9.17, 15) is 28.4 Å². The summed E-state index contributed by atoms with van der Waals surface area (Å²) in [7, 11) is 0. The van der Waals surface area contributed by atoms with Crippen molar-refractivity contribution in [1.29, 1.82) is 0 Å². The molecule has 3 aromatic rings. The number of nitrogens with two attached hydrogens (primary N) is 1. The highest BCUT2D eigenvalue weighted by Crippen LogP contribution is 2.32. The standard InChI is InChI=1S/C23H18FN7O5/c24-11-4-5-14(25)13(8-11)16-9-30(29-28-16)10-19(33)26-15-3-1-2-12-20(15)23(36)31(22(12)35)17-6-7-18(32)27-21(17)34/h1-5,8-9,17H,6-7,10,25H2,(H,26,33)(H,27,32,34). The van der Waals surface area contributed by atoms with E-state index in [-0.39, 0.29) is 47.6 Å². The molecule has 1 saturated heterocycles. The van der Waals surface area contributed by atoms with Crippen molar-refractivity contribution in [3.8, 4) is 11.3 Å². The Balaban J connectivity index is 1.34. The van der Waals surface area contributed by atoms with E-state index in [0.29, 0.717) is 5.56 Å². The second-order valence-corrected chi connectivity index (χ2v) is 8.26. The van der Waals surface area contributed by atoms with Gasteiger partial charge in [0.2, 0.25) is 17.7 Å². The third-order valence-electron chi connectivity index (χ3n) is 5.88. The fourth-order valence-electron chi connectivity index (χ4n) is 4.21. The number of hydrogen-bond acceptors (Lipinski definition) is 8. The number of amides is 5. The first-order valence-corrected chi connectivity index (χ1v) is 10.8. The van der Waals surface area contributed by atoms with Crippen molar-refractivity contribution in [3.05, 3.63) is 59.5 Å². The molecule has 2 aliphatic rings. The van der Waals surface area contributed by atoms with Crippen molar-refractivity contribution in [3.63, 3.8) is 0 Å². The number of benzene rings is 2. The fraction of sp³-hybridized carbons (Fsp3) is 0.174. The number of fused-ring (bicyclic) bond motifs is 1. The summed E-state index contributed by atoms with van der Waals surface area (Å²) in [6, 6.07) is 7.05. The highest BCUT2D eigenvalue weighted by atomic mass is 19.1. The Morgan fingerprint density at radius 3 is 2.72 bits per heavy atom. The number of nitrogens with zero attached hydrogens (tertiary/aromatic N) is 4. The van der Waals surface area contributed by atoms with Crippen molar-refractivity contribution in [2.45, 2.75) is 25.4 Å². The van der Waals surface area contributed by atoms with Gasteiger partial charge in [0.05, 0.1) is 23.0 Å². The van der Waals surface area contributed by atoms with E-state index in [1.807, 2.05) is 0 Å². The molecule has 2 aromatic carbocycles. The van der Waals surface area contributed by atoms with Crippen LogP contribution in [-0.4, -0.2) is 55.5 Å². The van der Waals surface area contributed by atoms with Crippen LogP contribution in [0.4, 0.5) is 15.8 Å². The van der Waals surface area contributed by atoms with Gasteiger partial charge in [0.15, 0.2) is 0 Å². The topological polar surface area (TPSA) is 169 Å². The minimum Gasteiger partial charge on any atom is -0.398 e.